The van der Waals surface area contributed by atoms with Gasteiger partial charge in [-0.05, 0) is 104 Å². The molecule has 0 N–H and O–H groups in total. The lowest BCUT2D eigenvalue weighted by Crippen LogP contribution is -2.10. The second-order valence-corrected chi connectivity index (χ2v) is 13.9. The number of hydrogen-bond acceptors (Lipinski definition) is 1. The van der Waals surface area contributed by atoms with Gasteiger partial charge in [0.25, 0.3) is 0 Å². The van der Waals surface area contributed by atoms with Gasteiger partial charge >= 0.3 is 0 Å². The Labute approximate surface area is 337 Å². The third kappa shape index (κ3) is 5.26. The van der Waals surface area contributed by atoms with Gasteiger partial charge in [-0.2, -0.15) is 0 Å². The summed E-state index contributed by atoms with van der Waals surface area (Å²) in [5.41, 5.74) is 4.05. The van der Waals surface area contributed by atoms with Crippen molar-refractivity contribution in [2.45, 2.75) is 0 Å². The second-order valence-electron chi connectivity index (χ2n) is 13.9. The number of para-hydroxylation sites is 1. The molecule has 2 nitrogen and oxygen atoms in total. The quantitative estimate of drug-likeness (QED) is 0.166. The van der Waals surface area contributed by atoms with Crippen LogP contribution in [0.3, 0.4) is 0 Å². The van der Waals surface area contributed by atoms with E-state index in [1.807, 2.05) is 127 Å². The molecule has 11 aromatic rings. The highest BCUT2D eigenvalue weighted by molar-refractivity contribution is 6.16. The molecule has 56 heavy (non-hydrogen) atoms. The molecule has 0 amide bonds. The average Bonchev–Trinajstić information content (AvgIpc) is 3.67. The third-order valence-electron chi connectivity index (χ3n) is 10.7. The Kier molecular flexibility index (Phi) is 5.83. The maximum absolute atomic E-state index is 10.2. The van der Waals surface area contributed by atoms with Crippen LogP contribution in [-0.4, -0.2) is 4.57 Å². The lowest BCUT2D eigenvalue weighted by atomic mass is 9.97. The van der Waals surface area contributed by atoms with Crippen LogP contribution in [0.2, 0.25) is 0 Å². The number of anilines is 3. The minimum absolute atomic E-state index is 0.107. The zero-order valence-corrected chi connectivity index (χ0v) is 30.1. The van der Waals surface area contributed by atoms with Gasteiger partial charge in [0, 0.05) is 33.2 Å². The van der Waals surface area contributed by atoms with Gasteiger partial charge in [-0.25, -0.2) is 0 Å². The monoisotopic (exact) mass is 720 g/mol. The molecule has 10 aromatic carbocycles. The van der Waals surface area contributed by atoms with Crippen molar-refractivity contribution in [1.29, 1.82) is 0 Å². The fourth-order valence-electron chi connectivity index (χ4n) is 8.15. The highest BCUT2D eigenvalue weighted by Crippen LogP contribution is 2.43. The van der Waals surface area contributed by atoms with Crippen LogP contribution in [0.5, 0.6) is 0 Å². The highest BCUT2D eigenvalue weighted by Gasteiger charge is 2.19. The molecule has 0 saturated carbocycles. The van der Waals surface area contributed by atoms with Crippen LogP contribution in [0.15, 0.2) is 218 Å². The molecule has 0 fully saturated rings. The maximum Gasteiger partial charge on any atom is 0.0651 e. The van der Waals surface area contributed by atoms with Gasteiger partial charge in [-0.3, -0.25) is 0 Å². The average molecular weight is 721 g/mol. The summed E-state index contributed by atoms with van der Waals surface area (Å²) in [6, 6.07) is 51.6. The van der Waals surface area contributed by atoms with E-state index in [4.69, 9.17) is 0 Å². The SMILES string of the molecule is [2H]c1c([2H])c(-c2cccc3c2c2ccccc2n3-c2ccc3ccccc3c2)c([2H])c(N(c2c([2H])c([2H])c(-c3cccc4ccccc34)c([2H])c2[2H])c2cccc3ccccc23)c1[2H]. The summed E-state index contributed by atoms with van der Waals surface area (Å²) >= 11 is 0. The topological polar surface area (TPSA) is 8.17 Å². The van der Waals surface area contributed by atoms with Gasteiger partial charge in [0.2, 0.25) is 0 Å². The minimum atomic E-state index is -0.451. The van der Waals surface area contributed by atoms with Crippen LogP contribution >= 0.6 is 0 Å². The van der Waals surface area contributed by atoms with Gasteiger partial charge in [-0.15, -0.1) is 0 Å². The standard InChI is InChI=1S/C54H36N2/c1-2-16-41-35-45(34-29-37(41)13-1)56-52-26-8-7-23-50(52)54-49(25-12-28-53(54)56)42-19-9-20-44(36-42)55(51-27-11-18-39-15-4-6-22-48(39)51)43-32-30-40(31-33-43)47-24-10-17-38-14-3-5-21-46(38)47/h1-36H/i9D,19D,20D,30D,31D,32D,33D,36D. The first-order valence-corrected chi connectivity index (χ1v) is 18.6. The van der Waals surface area contributed by atoms with Gasteiger partial charge in [0.1, 0.15) is 0 Å². The summed E-state index contributed by atoms with van der Waals surface area (Å²) in [4.78, 5) is 1.44. The number of benzene rings is 10. The van der Waals surface area contributed by atoms with E-state index in [-0.39, 0.29) is 58.8 Å². The number of fused-ring (bicyclic) bond motifs is 6. The van der Waals surface area contributed by atoms with Crippen molar-refractivity contribution in [2.75, 3.05) is 4.90 Å². The van der Waals surface area contributed by atoms with Crippen LogP contribution in [0.1, 0.15) is 11.0 Å². The summed E-state index contributed by atoms with van der Waals surface area (Å²) in [5.74, 6) is 0. The summed E-state index contributed by atoms with van der Waals surface area (Å²) in [6.45, 7) is 0. The molecule has 0 atom stereocenters. The van der Waals surface area contributed by atoms with Gasteiger partial charge in [0.05, 0.1) is 27.7 Å². The Morgan fingerprint density at radius 1 is 0.411 bits per heavy atom. The van der Waals surface area contributed by atoms with E-state index in [0.717, 1.165) is 54.4 Å². The van der Waals surface area contributed by atoms with Gasteiger partial charge in [-0.1, -0.05) is 164 Å². The Balaban J connectivity index is 1.22. The molecule has 1 aromatic heterocycles. The van der Waals surface area contributed by atoms with Crippen LogP contribution in [-0.2, 0) is 0 Å². The highest BCUT2D eigenvalue weighted by atomic mass is 15.1. The smallest absolute Gasteiger partial charge is 0.0651 e. The Bertz CT molecular complexity index is 3710. The van der Waals surface area contributed by atoms with Crippen molar-refractivity contribution < 1.29 is 11.0 Å². The lowest BCUT2D eigenvalue weighted by Gasteiger charge is -2.27. The molecule has 0 aliphatic heterocycles. The van der Waals surface area contributed by atoms with Crippen molar-refractivity contribution in [3.8, 4) is 27.9 Å². The lowest BCUT2D eigenvalue weighted by molar-refractivity contribution is 1.19. The summed E-state index contributed by atoms with van der Waals surface area (Å²) in [5, 5.41) is 6.95. The Morgan fingerprint density at radius 3 is 1.88 bits per heavy atom. The molecule has 262 valence electrons. The molecular formula is C54H36N2. The Morgan fingerprint density at radius 2 is 1.04 bits per heavy atom. The number of hydrogen-bond donors (Lipinski definition) is 0. The van der Waals surface area contributed by atoms with E-state index in [1.54, 1.807) is 12.1 Å². The molecule has 0 unspecified atom stereocenters. The molecule has 0 spiro atoms. The molecule has 0 radical (unpaired) electrons. The number of aromatic nitrogens is 1. The van der Waals surface area contributed by atoms with E-state index >= 15 is 0 Å². The number of nitrogens with zero attached hydrogens (tertiary/aromatic N) is 2. The molecule has 11 rings (SSSR count). The van der Waals surface area contributed by atoms with Crippen molar-refractivity contribution >= 4 is 71.2 Å². The minimum Gasteiger partial charge on any atom is -0.310 e. The van der Waals surface area contributed by atoms with Crippen LogP contribution in [0.4, 0.5) is 17.1 Å². The molecule has 2 heteroatoms. The molecule has 0 aliphatic rings. The van der Waals surface area contributed by atoms with Crippen molar-refractivity contribution in [3.05, 3.63) is 218 Å². The molecule has 0 bridgehead atoms. The molecular weight excluding hydrogens is 677 g/mol. The fraction of sp³-hybridized carbons (Fsp3) is 0. The van der Waals surface area contributed by atoms with E-state index in [2.05, 4.69) is 34.9 Å². The zero-order chi connectivity index (χ0) is 44.0. The fourth-order valence-corrected chi connectivity index (χ4v) is 8.15. The van der Waals surface area contributed by atoms with E-state index in [0.29, 0.717) is 22.2 Å². The molecule has 1 heterocycles. The van der Waals surface area contributed by atoms with Gasteiger partial charge < -0.3 is 9.47 Å². The largest absolute Gasteiger partial charge is 0.310 e. The second kappa shape index (κ2) is 13.2. The molecule has 0 aliphatic carbocycles. The van der Waals surface area contributed by atoms with Crippen LogP contribution in [0.25, 0.3) is 82.1 Å². The zero-order valence-electron chi connectivity index (χ0n) is 38.1. The first kappa shape index (κ1) is 24.8. The normalized spacial score (nSPS) is 13.6. The summed E-state index contributed by atoms with van der Waals surface area (Å²) < 4.78 is 79.3. The van der Waals surface area contributed by atoms with E-state index < -0.39 is 12.1 Å². The van der Waals surface area contributed by atoms with E-state index in [9.17, 15) is 11.0 Å². The van der Waals surface area contributed by atoms with Crippen LogP contribution < -0.4 is 4.90 Å². The molecule has 0 saturated heterocycles. The summed E-state index contributed by atoms with van der Waals surface area (Å²) in [6.07, 6.45) is 0. The van der Waals surface area contributed by atoms with Crippen molar-refractivity contribution in [1.82, 2.24) is 4.57 Å². The first-order chi connectivity index (χ1) is 31.1. The third-order valence-corrected chi connectivity index (χ3v) is 10.7. The summed E-state index contributed by atoms with van der Waals surface area (Å²) in [7, 11) is 0. The van der Waals surface area contributed by atoms with Crippen molar-refractivity contribution in [2.24, 2.45) is 0 Å². The maximum atomic E-state index is 10.2. The predicted octanol–water partition coefficient (Wildman–Crippen LogP) is 15.0. The first-order valence-electron chi connectivity index (χ1n) is 22.6. The number of rotatable bonds is 6. The van der Waals surface area contributed by atoms with E-state index in [1.165, 1.54) is 4.90 Å². The van der Waals surface area contributed by atoms with Crippen molar-refractivity contribution in [3.63, 3.8) is 0 Å². The van der Waals surface area contributed by atoms with Crippen LogP contribution in [0, 0.1) is 0 Å². The van der Waals surface area contributed by atoms with Gasteiger partial charge in [0.15, 0.2) is 0 Å². The Hall–Kier alpha value is -7.42. The predicted molar refractivity (Wildman–Crippen MR) is 239 cm³/mol.